The molecule has 0 atom stereocenters. The minimum absolute atomic E-state index is 0.326. The van der Waals surface area contributed by atoms with Crippen LogP contribution in [0.1, 0.15) is 19.3 Å². The van der Waals surface area contributed by atoms with E-state index in [-0.39, 0.29) is 0 Å². The molecule has 0 saturated carbocycles. The van der Waals surface area contributed by atoms with E-state index in [0.29, 0.717) is 11.1 Å². The SMILES string of the molecule is O=c1oc2ccccc2c2c1nnn2CC[NH+]1CCCCC1. The van der Waals surface area contributed by atoms with Crippen LogP contribution >= 0.6 is 0 Å². The van der Waals surface area contributed by atoms with Crippen molar-refractivity contribution in [3.8, 4) is 0 Å². The molecule has 2 aromatic heterocycles. The predicted molar refractivity (Wildman–Crippen MR) is 83.0 cm³/mol. The van der Waals surface area contributed by atoms with Crippen molar-refractivity contribution in [2.24, 2.45) is 0 Å². The van der Waals surface area contributed by atoms with E-state index in [9.17, 15) is 4.79 Å². The number of quaternary nitrogens is 1. The van der Waals surface area contributed by atoms with Gasteiger partial charge < -0.3 is 9.32 Å². The van der Waals surface area contributed by atoms with Gasteiger partial charge in [-0.25, -0.2) is 9.48 Å². The van der Waals surface area contributed by atoms with Gasteiger partial charge in [-0.1, -0.05) is 17.3 Å². The molecule has 3 aromatic rings. The molecule has 22 heavy (non-hydrogen) atoms. The Kier molecular flexibility index (Phi) is 3.38. The molecule has 1 aliphatic rings. The summed E-state index contributed by atoms with van der Waals surface area (Å²) in [5.41, 5.74) is 1.30. The highest BCUT2D eigenvalue weighted by Gasteiger charge is 2.17. The van der Waals surface area contributed by atoms with Crippen molar-refractivity contribution < 1.29 is 9.32 Å². The number of nitrogens with one attached hydrogen (secondary N) is 1. The fourth-order valence-corrected chi connectivity index (χ4v) is 3.34. The van der Waals surface area contributed by atoms with Crippen LogP contribution in [0.5, 0.6) is 0 Å². The molecule has 0 bridgehead atoms. The molecule has 1 fully saturated rings. The average molecular weight is 299 g/mol. The molecule has 114 valence electrons. The highest BCUT2D eigenvalue weighted by atomic mass is 16.4. The largest absolute Gasteiger partial charge is 0.421 e. The Morgan fingerprint density at radius 1 is 1.18 bits per heavy atom. The van der Waals surface area contributed by atoms with Crippen molar-refractivity contribution in [3.63, 3.8) is 0 Å². The van der Waals surface area contributed by atoms with Gasteiger partial charge in [0, 0.05) is 5.39 Å². The third-order valence-corrected chi connectivity index (χ3v) is 4.51. The van der Waals surface area contributed by atoms with Crippen molar-refractivity contribution in [1.29, 1.82) is 0 Å². The lowest BCUT2D eigenvalue weighted by Gasteiger charge is -2.23. The molecule has 1 aromatic carbocycles. The van der Waals surface area contributed by atoms with Gasteiger partial charge in [-0.2, -0.15) is 0 Å². The number of piperidine rings is 1. The number of aromatic nitrogens is 3. The standard InChI is InChI=1S/C16H18N4O2/c21-16-14-15(12-6-2-3-7-13(12)22-16)20(18-17-14)11-10-19-8-4-1-5-9-19/h2-3,6-7H,1,4-5,8-11H2/p+1. The van der Waals surface area contributed by atoms with Gasteiger partial charge in [-0.3, -0.25) is 0 Å². The lowest BCUT2D eigenvalue weighted by Crippen LogP contribution is -3.13. The molecule has 1 aliphatic heterocycles. The molecule has 0 radical (unpaired) electrons. The Balaban J connectivity index is 1.73. The van der Waals surface area contributed by atoms with E-state index in [1.54, 1.807) is 4.90 Å². The maximum Gasteiger partial charge on any atom is 0.366 e. The number of fused-ring (bicyclic) bond motifs is 3. The number of rotatable bonds is 3. The second-order valence-electron chi connectivity index (χ2n) is 5.96. The zero-order valence-electron chi connectivity index (χ0n) is 12.4. The summed E-state index contributed by atoms with van der Waals surface area (Å²) >= 11 is 0. The minimum atomic E-state index is -0.412. The molecule has 4 rings (SSSR count). The van der Waals surface area contributed by atoms with E-state index < -0.39 is 5.63 Å². The Labute approximate surface area is 127 Å². The molecular weight excluding hydrogens is 280 g/mol. The Hall–Kier alpha value is -2.21. The first-order chi connectivity index (χ1) is 10.8. The predicted octanol–water partition coefficient (Wildman–Crippen LogP) is 0.606. The summed E-state index contributed by atoms with van der Waals surface area (Å²) in [7, 11) is 0. The summed E-state index contributed by atoms with van der Waals surface area (Å²) in [5.74, 6) is 0. The molecule has 1 saturated heterocycles. The number of hydrogen-bond donors (Lipinski definition) is 1. The fourth-order valence-electron chi connectivity index (χ4n) is 3.34. The molecule has 6 heteroatoms. The third-order valence-electron chi connectivity index (χ3n) is 4.51. The summed E-state index contributed by atoms with van der Waals surface area (Å²) < 4.78 is 7.16. The molecule has 1 N–H and O–H groups in total. The first kappa shape index (κ1) is 13.5. The van der Waals surface area contributed by atoms with E-state index in [0.717, 1.165) is 24.0 Å². The first-order valence-electron chi connectivity index (χ1n) is 7.91. The van der Waals surface area contributed by atoms with E-state index >= 15 is 0 Å². The van der Waals surface area contributed by atoms with Crippen molar-refractivity contribution in [3.05, 3.63) is 34.7 Å². The van der Waals surface area contributed by atoms with Gasteiger partial charge in [-0.15, -0.1) is 5.10 Å². The number of nitrogens with zero attached hydrogens (tertiary/aromatic N) is 3. The third kappa shape index (κ3) is 2.29. The van der Waals surface area contributed by atoms with Crippen molar-refractivity contribution in [2.45, 2.75) is 25.8 Å². The van der Waals surface area contributed by atoms with Crippen LogP contribution in [0.3, 0.4) is 0 Å². The molecule has 0 unspecified atom stereocenters. The van der Waals surface area contributed by atoms with E-state index in [4.69, 9.17) is 4.42 Å². The van der Waals surface area contributed by atoms with Crippen LogP contribution < -0.4 is 10.5 Å². The molecule has 0 spiro atoms. The van der Waals surface area contributed by atoms with Gasteiger partial charge in [0.15, 0.2) is 5.52 Å². The van der Waals surface area contributed by atoms with Crippen LogP contribution in [0.15, 0.2) is 33.5 Å². The van der Waals surface area contributed by atoms with Crippen LogP contribution in [0.4, 0.5) is 0 Å². The number of para-hydroxylation sites is 1. The van der Waals surface area contributed by atoms with Gasteiger partial charge in [0.2, 0.25) is 0 Å². The zero-order valence-corrected chi connectivity index (χ0v) is 12.4. The topological polar surface area (TPSA) is 65.4 Å². The Morgan fingerprint density at radius 3 is 2.86 bits per heavy atom. The summed E-state index contributed by atoms with van der Waals surface area (Å²) in [6.45, 7) is 4.26. The molecule has 3 heterocycles. The van der Waals surface area contributed by atoms with Crippen LogP contribution in [-0.2, 0) is 6.54 Å². The Bertz CT molecular complexity index is 861. The molecule has 0 aliphatic carbocycles. The summed E-state index contributed by atoms with van der Waals surface area (Å²) in [6, 6.07) is 7.57. The van der Waals surface area contributed by atoms with Gasteiger partial charge >= 0.3 is 5.63 Å². The van der Waals surface area contributed by atoms with Gasteiger partial charge in [-0.05, 0) is 31.4 Å². The van der Waals surface area contributed by atoms with Gasteiger partial charge in [0.25, 0.3) is 0 Å². The second-order valence-corrected chi connectivity index (χ2v) is 5.96. The fraction of sp³-hybridized carbons (Fsp3) is 0.438. The summed E-state index contributed by atoms with van der Waals surface area (Å²) in [4.78, 5) is 13.6. The van der Waals surface area contributed by atoms with Gasteiger partial charge in [0.1, 0.15) is 11.1 Å². The van der Waals surface area contributed by atoms with Crippen LogP contribution in [0.2, 0.25) is 0 Å². The van der Waals surface area contributed by atoms with E-state index in [1.807, 2.05) is 28.9 Å². The summed E-state index contributed by atoms with van der Waals surface area (Å²) in [5, 5.41) is 9.11. The quantitative estimate of drug-likeness (QED) is 0.720. The monoisotopic (exact) mass is 299 g/mol. The number of benzene rings is 1. The average Bonchev–Trinajstić information content (AvgIpc) is 2.99. The summed E-state index contributed by atoms with van der Waals surface area (Å²) in [6.07, 6.45) is 3.96. The zero-order chi connectivity index (χ0) is 14.9. The van der Waals surface area contributed by atoms with Crippen LogP contribution in [-0.4, -0.2) is 34.6 Å². The van der Waals surface area contributed by atoms with Crippen molar-refractivity contribution >= 4 is 22.0 Å². The maximum absolute atomic E-state index is 12.0. The lowest BCUT2D eigenvalue weighted by molar-refractivity contribution is -0.905. The molecule has 0 amide bonds. The number of hydrogen-bond acceptors (Lipinski definition) is 4. The first-order valence-corrected chi connectivity index (χ1v) is 7.91. The maximum atomic E-state index is 12.0. The molecule has 6 nitrogen and oxygen atoms in total. The lowest BCUT2D eigenvalue weighted by atomic mass is 10.1. The Morgan fingerprint density at radius 2 is 2.00 bits per heavy atom. The van der Waals surface area contributed by atoms with E-state index in [2.05, 4.69) is 10.3 Å². The molecular formula is C16H19N4O2+. The normalized spacial score (nSPS) is 16.5. The van der Waals surface area contributed by atoms with E-state index in [1.165, 1.54) is 32.4 Å². The van der Waals surface area contributed by atoms with Crippen LogP contribution in [0, 0.1) is 0 Å². The van der Waals surface area contributed by atoms with Crippen LogP contribution in [0.25, 0.3) is 22.0 Å². The highest BCUT2D eigenvalue weighted by molar-refractivity contribution is 6.00. The second kappa shape index (κ2) is 5.53. The smallest absolute Gasteiger partial charge is 0.366 e. The highest BCUT2D eigenvalue weighted by Crippen LogP contribution is 2.20. The minimum Gasteiger partial charge on any atom is -0.421 e. The van der Waals surface area contributed by atoms with Crippen molar-refractivity contribution in [2.75, 3.05) is 19.6 Å². The van der Waals surface area contributed by atoms with Gasteiger partial charge in [0.05, 0.1) is 26.2 Å². The van der Waals surface area contributed by atoms with Crippen molar-refractivity contribution in [1.82, 2.24) is 15.0 Å². The number of likely N-dealkylation sites (tertiary alicyclic amines) is 1.